The number of oxazole rings is 1. The van der Waals surface area contributed by atoms with Crippen molar-refractivity contribution < 1.29 is 14.3 Å². The Kier molecular flexibility index (Phi) is 4.56. The molecule has 0 radical (unpaired) electrons. The SMILES string of the molecule is Cc1cnc(C(C)NC(=O)c2sccc2C#CCO)o1. The average Bonchev–Trinajstić information content (AvgIpc) is 3.04. The van der Waals surface area contributed by atoms with Crippen LogP contribution in [0.5, 0.6) is 0 Å². The van der Waals surface area contributed by atoms with Gasteiger partial charge in [-0.15, -0.1) is 11.3 Å². The largest absolute Gasteiger partial charge is 0.444 e. The number of aliphatic hydroxyl groups excluding tert-OH is 1. The van der Waals surface area contributed by atoms with Crippen LogP contribution >= 0.6 is 11.3 Å². The van der Waals surface area contributed by atoms with Crippen LogP contribution in [0.2, 0.25) is 0 Å². The minimum atomic E-state index is -0.322. The van der Waals surface area contributed by atoms with Crippen LogP contribution in [0.25, 0.3) is 0 Å². The fourth-order valence-corrected chi connectivity index (χ4v) is 2.37. The molecule has 2 heterocycles. The number of amides is 1. The molecule has 2 aromatic rings. The molecule has 104 valence electrons. The molecule has 0 aliphatic heterocycles. The third-order valence-corrected chi connectivity index (χ3v) is 3.44. The van der Waals surface area contributed by atoms with Crippen LogP contribution in [0.15, 0.2) is 22.1 Å². The first-order valence-electron chi connectivity index (χ1n) is 6.02. The molecule has 0 aromatic carbocycles. The summed E-state index contributed by atoms with van der Waals surface area (Å²) in [7, 11) is 0. The van der Waals surface area contributed by atoms with Gasteiger partial charge in [-0.1, -0.05) is 11.8 Å². The molecule has 1 atom stereocenters. The summed E-state index contributed by atoms with van der Waals surface area (Å²) in [5.41, 5.74) is 0.609. The van der Waals surface area contributed by atoms with Gasteiger partial charge < -0.3 is 14.8 Å². The molecule has 0 bridgehead atoms. The van der Waals surface area contributed by atoms with Gasteiger partial charge >= 0.3 is 0 Å². The van der Waals surface area contributed by atoms with Crippen molar-refractivity contribution in [3.8, 4) is 11.8 Å². The van der Waals surface area contributed by atoms with E-state index in [1.165, 1.54) is 11.3 Å². The number of aromatic nitrogens is 1. The molecule has 0 spiro atoms. The van der Waals surface area contributed by atoms with Gasteiger partial charge in [0.2, 0.25) is 5.89 Å². The van der Waals surface area contributed by atoms with E-state index in [0.29, 0.717) is 22.1 Å². The maximum atomic E-state index is 12.2. The highest BCUT2D eigenvalue weighted by Crippen LogP contribution is 2.18. The van der Waals surface area contributed by atoms with Crippen molar-refractivity contribution in [3.63, 3.8) is 0 Å². The molecule has 1 amide bonds. The van der Waals surface area contributed by atoms with Crippen LogP contribution in [-0.2, 0) is 0 Å². The number of aliphatic hydroxyl groups is 1. The number of aryl methyl sites for hydroxylation is 1. The van der Waals surface area contributed by atoms with E-state index in [2.05, 4.69) is 22.1 Å². The summed E-state index contributed by atoms with van der Waals surface area (Å²) < 4.78 is 5.38. The number of carbonyl (C=O) groups is 1. The van der Waals surface area contributed by atoms with E-state index >= 15 is 0 Å². The zero-order valence-corrected chi connectivity index (χ0v) is 12.0. The predicted octanol–water partition coefficient (Wildman–Crippen LogP) is 1.88. The molecule has 20 heavy (non-hydrogen) atoms. The summed E-state index contributed by atoms with van der Waals surface area (Å²) in [6, 6.07) is 1.43. The van der Waals surface area contributed by atoms with Gasteiger partial charge in [0.15, 0.2) is 0 Å². The van der Waals surface area contributed by atoms with Gasteiger partial charge in [-0.2, -0.15) is 0 Å². The lowest BCUT2D eigenvalue weighted by molar-refractivity contribution is 0.0938. The fourth-order valence-electron chi connectivity index (χ4n) is 1.61. The van der Waals surface area contributed by atoms with Gasteiger partial charge in [0.1, 0.15) is 23.3 Å². The van der Waals surface area contributed by atoms with Gasteiger partial charge in [0, 0.05) is 5.56 Å². The minimum absolute atomic E-state index is 0.231. The molecule has 0 saturated carbocycles. The van der Waals surface area contributed by atoms with Gasteiger partial charge in [-0.05, 0) is 25.3 Å². The summed E-state index contributed by atoms with van der Waals surface area (Å²) in [4.78, 5) is 16.8. The van der Waals surface area contributed by atoms with Crippen LogP contribution in [0.1, 0.15) is 39.9 Å². The molecule has 2 rings (SSSR count). The quantitative estimate of drug-likeness (QED) is 0.846. The Morgan fingerprint density at radius 2 is 2.45 bits per heavy atom. The van der Waals surface area contributed by atoms with E-state index in [1.54, 1.807) is 31.5 Å². The van der Waals surface area contributed by atoms with Gasteiger partial charge in [-0.25, -0.2) is 4.98 Å². The van der Waals surface area contributed by atoms with E-state index in [9.17, 15) is 4.79 Å². The highest BCUT2D eigenvalue weighted by Gasteiger charge is 2.18. The maximum absolute atomic E-state index is 12.2. The second-order valence-electron chi connectivity index (χ2n) is 4.13. The monoisotopic (exact) mass is 290 g/mol. The van der Waals surface area contributed by atoms with Crippen LogP contribution in [0.3, 0.4) is 0 Å². The molecule has 0 fully saturated rings. The number of hydrogen-bond donors (Lipinski definition) is 2. The Hall–Kier alpha value is -2.10. The Morgan fingerprint density at radius 1 is 1.65 bits per heavy atom. The summed E-state index contributed by atoms with van der Waals surface area (Å²) in [5.74, 6) is 6.22. The van der Waals surface area contributed by atoms with E-state index < -0.39 is 0 Å². The first-order valence-corrected chi connectivity index (χ1v) is 6.90. The van der Waals surface area contributed by atoms with Gasteiger partial charge in [0.05, 0.1) is 6.20 Å². The van der Waals surface area contributed by atoms with Crippen molar-refractivity contribution in [2.75, 3.05) is 6.61 Å². The average molecular weight is 290 g/mol. The Balaban J connectivity index is 2.10. The zero-order valence-electron chi connectivity index (χ0n) is 11.1. The highest BCUT2D eigenvalue weighted by molar-refractivity contribution is 7.12. The smallest absolute Gasteiger partial charge is 0.263 e. The zero-order chi connectivity index (χ0) is 14.5. The molecule has 2 aromatic heterocycles. The second kappa shape index (κ2) is 6.37. The van der Waals surface area contributed by atoms with Crippen molar-refractivity contribution in [2.45, 2.75) is 19.9 Å². The first kappa shape index (κ1) is 14.3. The number of thiophene rings is 1. The highest BCUT2D eigenvalue weighted by atomic mass is 32.1. The lowest BCUT2D eigenvalue weighted by atomic mass is 10.2. The van der Waals surface area contributed by atoms with E-state index in [1.807, 2.05) is 0 Å². The molecule has 0 aliphatic carbocycles. The molecule has 5 nitrogen and oxygen atoms in total. The Labute approximate surface area is 120 Å². The van der Waals surface area contributed by atoms with Gasteiger partial charge in [0.25, 0.3) is 5.91 Å². The summed E-state index contributed by atoms with van der Waals surface area (Å²) in [6.07, 6.45) is 1.61. The summed E-state index contributed by atoms with van der Waals surface area (Å²) in [5, 5.41) is 13.3. The third kappa shape index (κ3) is 3.26. The molecule has 0 saturated heterocycles. The lowest BCUT2D eigenvalue weighted by Crippen LogP contribution is -2.26. The number of carbonyl (C=O) groups excluding carboxylic acids is 1. The van der Waals surface area contributed by atoms with E-state index in [0.717, 1.165) is 0 Å². The predicted molar refractivity (Wildman–Crippen MR) is 75.4 cm³/mol. The van der Waals surface area contributed by atoms with Crippen molar-refractivity contribution >= 4 is 17.2 Å². The third-order valence-electron chi connectivity index (χ3n) is 2.53. The van der Waals surface area contributed by atoms with E-state index in [-0.39, 0.29) is 18.6 Å². The van der Waals surface area contributed by atoms with Crippen LogP contribution in [0.4, 0.5) is 0 Å². The molecule has 6 heteroatoms. The van der Waals surface area contributed by atoms with E-state index in [4.69, 9.17) is 9.52 Å². The van der Waals surface area contributed by atoms with Crippen LogP contribution in [-0.4, -0.2) is 22.6 Å². The number of hydrogen-bond acceptors (Lipinski definition) is 5. The summed E-state index contributed by atoms with van der Waals surface area (Å²) in [6.45, 7) is 3.37. The maximum Gasteiger partial charge on any atom is 0.263 e. The van der Waals surface area contributed by atoms with Crippen molar-refractivity contribution in [2.24, 2.45) is 0 Å². The molecule has 0 aliphatic rings. The molecule has 1 unspecified atom stereocenters. The Bertz CT molecular complexity index is 663. The summed E-state index contributed by atoms with van der Waals surface area (Å²) >= 11 is 1.30. The number of rotatable bonds is 3. The lowest BCUT2D eigenvalue weighted by Gasteiger charge is -2.09. The van der Waals surface area contributed by atoms with Crippen LogP contribution in [0, 0.1) is 18.8 Å². The normalized spacial score (nSPS) is 11.6. The number of nitrogens with one attached hydrogen (secondary N) is 1. The minimum Gasteiger partial charge on any atom is -0.444 e. The Morgan fingerprint density at radius 3 is 3.10 bits per heavy atom. The first-order chi connectivity index (χ1) is 9.61. The standard InChI is InChI=1S/C14H14N2O3S/c1-9-8-15-14(19-9)10(2)16-13(18)12-11(4-3-6-17)5-7-20-12/h5,7-8,10,17H,6H2,1-2H3,(H,16,18). The van der Waals surface area contributed by atoms with Crippen molar-refractivity contribution in [3.05, 3.63) is 39.7 Å². The van der Waals surface area contributed by atoms with Crippen molar-refractivity contribution in [1.29, 1.82) is 0 Å². The second-order valence-corrected chi connectivity index (χ2v) is 5.04. The molecular formula is C14H14N2O3S. The number of nitrogens with zero attached hydrogens (tertiary/aromatic N) is 1. The topological polar surface area (TPSA) is 75.4 Å². The van der Waals surface area contributed by atoms with Gasteiger partial charge in [-0.3, -0.25) is 4.79 Å². The molecular weight excluding hydrogens is 276 g/mol. The van der Waals surface area contributed by atoms with Crippen molar-refractivity contribution in [1.82, 2.24) is 10.3 Å². The fraction of sp³-hybridized carbons (Fsp3) is 0.286. The van der Waals surface area contributed by atoms with Crippen LogP contribution < -0.4 is 5.32 Å². The molecule has 2 N–H and O–H groups in total.